The average Bonchev–Trinajstić information content (AvgIpc) is 2.64. The Morgan fingerprint density at radius 1 is 1.20 bits per heavy atom. The van der Waals surface area contributed by atoms with Gasteiger partial charge in [0, 0.05) is 17.4 Å². The van der Waals surface area contributed by atoms with Crippen LogP contribution in [0.3, 0.4) is 0 Å². The van der Waals surface area contributed by atoms with E-state index in [9.17, 15) is 0 Å². The number of aliphatic imine (C=N–C) groups is 1. The molecule has 2 rings (SSSR count). The Kier molecular flexibility index (Phi) is 3.36. The highest BCUT2D eigenvalue weighted by atomic mass is 35.5. The zero-order valence-corrected chi connectivity index (χ0v) is 9.85. The van der Waals surface area contributed by atoms with Crippen LogP contribution in [0.15, 0.2) is 35.5 Å². The summed E-state index contributed by atoms with van der Waals surface area (Å²) < 4.78 is 0.521. The molecule has 0 aliphatic rings. The van der Waals surface area contributed by atoms with Gasteiger partial charge in [0.2, 0.25) is 0 Å². The number of halogens is 2. The van der Waals surface area contributed by atoms with E-state index >= 15 is 0 Å². The minimum atomic E-state index is 0.521. The second kappa shape index (κ2) is 4.75. The molecule has 0 amide bonds. The number of nitrogens with zero attached hydrogens (tertiary/aromatic N) is 2. The van der Waals surface area contributed by atoms with Crippen molar-refractivity contribution in [3.63, 3.8) is 0 Å². The summed E-state index contributed by atoms with van der Waals surface area (Å²) >= 11 is 12.8. The number of rotatable bonds is 2. The zero-order valence-electron chi connectivity index (χ0n) is 7.52. The van der Waals surface area contributed by atoms with E-state index in [0.29, 0.717) is 9.49 Å². The van der Waals surface area contributed by atoms with Crippen molar-refractivity contribution in [3.8, 4) is 0 Å². The SMILES string of the molecule is Clc1ccc(N=Cc2cnc(Cl)s2)cc1. The smallest absolute Gasteiger partial charge is 0.184 e. The third-order valence-corrected chi connectivity index (χ3v) is 2.96. The van der Waals surface area contributed by atoms with Gasteiger partial charge in [-0.05, 0) is 24.3 Å². The predicted octanol–water partition coefficient (Wildman–Crippen LogP) is 4.20. The van der Waals surface area contributed by atoms with Gasteiger partial charge in [-0.25, -0.2) is 4.98 Å². The first-order chi connectivity index (χ1) is 7.24. The second-order valence-corrected chi connectivity index (χ2v) is 4.83. The molecule has 0 saturated carbocycles. The highest BCUT2D eigenvalue weighted by Crippen LogP contribution is 2.19. The van der Waals surface area contributed by atoms with Crippen LogP contribution in [0.4, 0.5) is 5.69 Å². The molecule has 2 aromatic rings. The summed E-state index contributed by atoms with van der Waals surface area (Å²) in [5.41, 5.74) is 0.851. The van der Waals surface area contributed by atoms with E-state index in [4.69, 9.17) is 23.2 Å². The number of hydrogen-bond donors (Lipinski definition) is 0. The summed E-state index contributed by atoms with van der Waals surface area (Å²) in [5, 5.41) is 0.704. The van der Waals surface area contributed by atoms with Crippen LogP contribution in [0, 0.1) is 0 Å². The lowest BCUT2D eigenvalue weighted by Crippen LogP contribution is -1.71. The van der Waals surface area contributed by atoms with Gasteiger partial charge in [0.25, 0.3) is 0 Å². The molecule has 0 atom stereocenters. The maximum absolute atomic E-state index is 5.75. The Hall–Kier alpha value is -0.900. The van der Waals surface area contributed by atoms with Crippen molar-refractivity contribution < 1.29 is 0 Å². The first-order valence-corrected chi connectivity index (χ1v) is 5.72. The van der Waals surface area contributed by atoms with Crippen LogP contribution in [0.25, 0.3) is 0 Å². The van der Waals surface area contributed by atoms with Crippen LogP contribution >= 0.6 is 34.5 Å². The van der Waals surface area contributed by atoms with E-state index in [1.165, 1.54) is 11.3 Å². The molecule has 15 heavy (non-hydrogen) atoms. The van der Waals surface area contributed by atoms with Crippen molar-refractivity contribution in [3.05, 3.63) is 44.8 Å². The summed E-state index contributed by atoms with van der Waals surface area (Å²) in [6, 6.07) is 7.30. The van der Waals surface area contributed by atoms with Crippen molar-refractivity contribution in [1.29, 1.82) is 0 Å². The molecule has 5 heteroatoms. The molecule has 76 valence electrons. The molecule has 0 aliphatic heterocycles. The van der Waals surface area contributed by atoms with E-state index in [1.54, 1.807) is 24.5 Å². The quantitative estimate of drug-likeness (QED) is 0.740. The maximum Gasteiger partial charge on any atom is 0.184 e. The topological polar surface area (TPSA) is 25.2 Å². The van der Waals surface area contributed by atoms with Gasteiger partial charge in [-0.3, -0.25) is 4.99 Å². The van der Waals surface area contributed by atoms with Gasteiger partial charge in [-0.15, -0.1) is 11.3 Å². The molecule has 0 saturated heterocycles. The first-order valence-electron chi connectivity index (χ1n) is 4.15. The van der Waals surface area contributed by atoms with Gasteiger partial charge in [0.1, 0.15) is 0 Å². The van der Waals surface area contributed by atoms with E-state index in [1.807, 2.05) is 12.1 Å². The molecule has 1 aromatic carbocycles. The molecule has 0 N–H and O–H groups in total. The molecule has 0 unspecified atom stereocenters. The number of aromatic nitrogens is 1. The lowest BCUT2D eigenvalue weighted by atomic mass is 10.3. The van der Waals surface area contributed by atoms with Gasteiger partial charge < -0.3 is 0 Å². The summed E-state index contributed by atoms with van der Waals surface area (Å²) in [6.45, 7) is 0. The van der Waals surface area contributed by atoms with E-state index < -0.39 is 0 Å². The molecule has 1 heterocycles. The van der Waals surface area contributed by atoms with Crippen LogP contribution in [0.5, 0.6) is 0 Å². The summed E-state index contributed by atoms with van der Waals surface area (Å²) in [4.78, 5) is 9.10. The first kappa shape index (κ1) is 10.6. The van der Waals surface area contributed by atoms with Crippen LogP contribution in [0.2, 0.25) is 9.49 Å². The Morgan fingerprint density at radius 3 is 2.53 bits per heavy atom. The Balaban J connectivity index is 2.14. The van der Waals surface area contributed by atoms with Crippen LogP contribution in [-0.2, 0) is 0 Å². The highest BCUT2D eigenvalue weighted by molar-refractivity contribution is 7.17. The maximum atomic E-state index is 5.75. The minimum Gasteiger partial charge on any atom is -0.255 e. The Labute approximate surface area is 101 Å². The van der Waals surface area contributed by atoms with Crippen LogP contribution in [0.1, 0.15) is 4.88 Å². The largest absolute Gasteiger partial charge is 0.255 e. The average molecular weight is 257 g/mol. The summed E-state index contributed by atoms with van der Waals surface area (Å²) in [6.07, 6.45) is 3.42. The van der Waals surface area contributed by atoms with Crippen LogP contribution in [-0.4, -0.2) is 11.2 Å². The van der Waals surface area contributed by atoms with E-state index in [-0.39, 0.29) is 0 Å². The van der Waals surface area contributed by atoms with Crippen molar-refractivity contribution in [2.24, 2.45) is 4.99 Å². The molecular weight excluding hydrogens is 251 g/mol. The Bertz CT molecular complexity index is 476. The molecule has 2 nitrogen and oxygen atoms in total. The molecule has 0 spiro atoms. The fourth-order valence-electron chi connectivity index (χ4n) is 0.989. The van der Waals surface area contributed by atoms with Crippen molar-refractivity contribution in [1.82, 2.24) is 4.98 Å². The van der Waals surface area contributed by atoms with Gasteiger partial charge in [0.05, 0.1) is 10.6 Å². The number of hydrogen-bond acceptors (Lipinski definition) is 3. The lowest BCUT2D eigenvalue weighted by Gasteiger charge is -1.91. The van der Waals surface area contributed by atoms with Crippen molar-refractivity contribution in [2.45, 2.75) is 0 Å². The van der Waals surface area contributed by atoms with E-state index in [2.05, 4.69) is 9.98 Å². The van der Waals surface area contributed by atoms with Gasteiger partial charge in [-0.2, -0.15) is 0 Å². The molecule has 0 radical (unpaired) electrons. The van der Waals surface area contributed by atoms with Gasteiger partial charge >= 0.3 is 0 Å². The molecule has 1 aromatic heterocycles. The van der Waals surface area contributed by atoms with Crippen molar-refractivity contribution >= 4 is 46.4 Å². The molecular formula is C10H6Cl2N2S. The third kappa shape index (κ3) is 3.02. The summed E-state index contributed by atoms with van der Waals surface area (Å²) in [7, 11) is 0. The highest BCUT2D eigenvalue weighted by Gasteiger charge is 1.95. The fourth-order valence-corrected chi connectivity index (χ4v) is 1.94. The predicted molar refractivity (Wildman–Crippen MR) is 65.8 cm³/mol. The number of thiazole rings is 1. The normalized spacial score (nSPS) is 11.1. The zero-order chi connectivity index (χ0) is 10.7. The minimum absolute atomic E-state index is 0.521. The lowest BCUT2D eigenvalue weighted by molar-refractivity contribution is 1.42. The van der Waals surface area contributed by atoms with Crippen LogP contribution < -0.4 is 0 Å². The fraction of sp³-hybridized carbons (Fsp3) is 0. The molecule has 0 aliphatic carbocycles. The molecule has 0 fully saturated rings. The van der Waals surface area contributed by atoms with Crippen molar-refractivity contribution in [2.75, 3.05) is 0 Å². The molecule has 0 bridgehead atoms. The standard InChI is InChI=1S/C10H6Cl2N2S/c11-7-1-3-8(4-2-7)13-5-9-6-14-10(12)15-9/h1-6H. The third-order valence-electron chi connectivity index (χ3n) is 1.66. The second-order valence-electron chi connectivity index (χ2n) is 2.75. The van der Waals surface area contributed by atoms with Gasteiger partial charge in [0.15, 0.2) is 4.47 Å². The van der Waals surface area contributed by atoms with Gasteiger partial charge in [-0.1, -0.05) is 23.2 Å². The number of benzene rings is 1. The summed E-state index contributed by atoms with van der Waals surface area (Å²) in [5.74, 6) is 0. The Morgan fingerprint density at radius 2 is 1.93 bits per heavy atom. The van der Waals surface area contributed by atoms with E-state index in [0.717, 1.165) is 10.6 Å². The monoisotopic (exact) mass is 256 g/mol.